The standard InChI is InChI=1S/C21H22N4O3/c1-15-7-5-12-25(18(15)26)14-21(19(27)22-20(28)23-21)17-10-4-8-16(13-17)9-6-11-24(2)3/h4-5,7-8,10,12-13H,11,14H2,1-3H3,(H2,22,23,27,28). The largest absolute Gasteiger partial charge is 0.322 e. The molecule has 7 heteroatoms. The SMILES string of the molecule is Cc1cccn(CC2(c3cccc(C#CCN(C)C)c3)NC(=O)NC2=O)c1=O. The zero-order chi connectivity index (χ0) is 20.3. The first kappa shape index (κ1) is 19.4. The molecule has 2 aromatic rings. The van der Waals surface area contributed by atoms with Gasteiger partial charge >= 0.3 is 6.03 Å². The first-order chi connectivity index (χ1) is 13.3. The van der Waals surface area contributed by atoms with Gasteiger partial charge in [-0.25, -0.2) is 4.79 Å². The molecular weight excluding hydrogens is 356 g/mol. The topological polar surface area (TPSA) is 83.4 Å². The molecule has 28 heavy (non-hydrogen) atoms. The highest BCUT2D eigenvalue weighted by Gasteiger charge is 2.48. The smallest absolute Gasteiger partial charge is 0.318 e. The summed E-state index contributed by atoms with van der Waals surface area (Å²) in [7, 11) is 3.86. The number of hydrogen-bond donors (Lipinski definition) is 2. The molecule has 0 radical (unpaired) electrons. The lowest BCUT2D eigenvalue weighted by atomic mass is 9.88. The van der Waals surface area contributed by atoms with Gasteiger partial charge in [-0.05, 0) is 44.8 Å². The van der Waals surface area contributed by atoms with Crippen molar-refractivity contribution in [2.45, 2.75) is 19.0 Å². The van der Waals surface area contributed by atoms with Crippen LogP contribution < -0.4 is 16.2 Å². The fourth-order valence-corrected chi connectivity index (χ4v) is 3.10. The summed E-state index contributed by atoms with van der Waals surface area (Å²) >= 11 is 0. The van der Waals surface area contributed by atoms with E-state index < -0.39 is 17.5 Å². The van der Waals surface area contributed by atoms with Crippen molar-refractivity contribution in [3.63, 3.8) is 0 Å². The Kier molecular flexibility index (Phi) is 5.34. The molecule has 2 N–H and O–H groups in total. The normalized spacial score (nSPS) is 18.4. The number of nitrogens with zero attached hydrogens (tertiary/aromatic N) is 2. The highest BCUT2D eigenvalue weighted by atomic mass is 16.2. The molecule has 2 heterocycles. The number of urea groups is 1. The van der Waals surface area contributed by atoms with Crippen LogP contribution in [-0.2, 0) is 16.9 Å². The molecule has 1 unspecified atom stereocenters. The van der Waals surface area contributed by atoms with Crippen molar-refractivity contribution < 1.29 is 9.59 Å². The number of carbonyl (C=O) groups is 2. The van der Waals surface area contributed by atoms with E-state index in [9.17, 15) is 14.4 Å². The van der Waals surface area contributed by atoms with Crippen molar-refractivity contribution in [3.8, 4) is 11.8 Å². The lowest BCUT2D eigenvalue weighted by molar-refractivity contribution is -0.124. The minimum absolute atomic E-state index is 0.0142. The summed E-state index contributed by atoms with van der Waals surface area (Å²) in [5.74, 6) is 5.62. The fourth-order valence-electron chi connectivity index (χ4n) is 3.10. The Morgan fingerprint density at radius 1 is 1.14 bits per heavy atom. The predicted molar refractivity (Wildman–Crippen MR) is 106 cm³/mol. The number of carbonyl (C=O) groups excluding carboxylic acids is 2. The van der Waals surface area contributed by atoms with E-state index in [1.165, 1.54) is 4.57 Å². The van der Waals surface area contributed by atoms with Gasteiger partial charge < -0.3 is 9.88 Å². The van der Waals surface area contributed by atoms with E-state index in [-0.39, 0.29) is 12.1 Å². The number of rotatable bonds is 4. The molecule has 7 nitrogen and oxygen atoms in total. The Hall–Kier alpha value is -3.37. The molecule has 1 aliphatic rings. The van der Waals surface area contributed by atoms with Gasteiger partial charge in [-0.1, -0.05) is 30.0 Å². The van der Waals surface area contributed by atoms with E-state index in [0.717, 1.165) is 5.56 Å². The van der Waals surface area contributed by atoms with Crippen molar-refractivity contribution in [2.75, 3.05) is 20.6 Å². The molecule has 0 saturated carbocycles. The molecule has 144 valence electrons. The number of amides is 3. The Labute approximate surface area is 163 Å². The van der Waals surface area contributed by atoms with E-state index >= 15 is 0 Å². The van der Waals surface area contributed by atoms with E-state index in [4.69, 9.17) is 0 Å². The van der Waals surface area contributed by atoms with Crippen LogP contribution in [0.5, 0.6) is 0 Å². The lowest BCUT2D eigenvalue weighted by Crippen LogP contribution is -2.49. The minimum atomic E-state index is -1.38. The van der Waals surface area contributed by atoms with Crippen molar-refractivity contribution in [1.82, 2.24) is 20.1 Å². The van der Waals surface area contributed by atoms with Crippen LogP contribution in [0.4, 0.5) is 4.79 Å². The molecule has 1 aliphatic heterocycles. The molecule has 1 aromatic heterocycles. The maximum atomic E-state index is 12.8. The summed E-state index contributed by atoms with van der Waals surface area (Å²) < 4.78 is 1.44. The zero-order valence-corrected chi connectivity index (χ0v) is 16.1. The van der Waals surface area contributed by atoms with Gasteiger partial charge in [-0.2, -0.15) is 0 Å². The molecule has 1 aromatic carbocycles. The number of benzene rings is 1. The van der Waals surface area contributed by atoms with Crippen LogP contribution in [0.3, 0.4) is 0 Å². The first-order valence-electron chi connectivity index (χ1n) is 8.85. The second-order valence-electron chi connectivity index (χ2n) is 7.06. The lowest BCUT2D eigenvalue weighted by Gasteiger charge is -2.27. The number of aryl methyl sites for hydroxylation is 1. The first-order valence-corrected chi connectivity index (χ1v) is 8.85. The second kappa shape index (κ2) is 7.71. The molecule has 3 rings (SSSR count). The number of aromatic nitrogens is 1. The van der Waals surface area contributed by atoms with E-state index in [1.807, 2.05) is 25.1 Å². The molecule has 0 bridgehead atoms. The van der Waals surface area contributed by atoms with Gasteiger partial charge in [-0.3, -0.25) is 19.8 Å². The monoisotopic (exact) mass is 378 g/mol. The van der Waals surface area contributed by atoms with Crippen LogP contribution in [0, 0.1) is 18.8 Å². The number of pyridine rings is 1. The maximum Gasteiger partial charge on any atom is 0.322 e. The third-order valence-corrected chi connectivity index (χ3v) is 4.54. The fraction of sp³-hybridized carbons (Fsp3) is 0.286. The summed E-state index contributed by atoms with van der Waals surface area (Å²) in [6, 6.07) is 10.0. The molecule has 1 atom stereocenters. The Morgan fingerprint density at radius 2 is 1.93 bits per heavy atom. The highest BCUT2D eigenvalue weighted by molar-refractivity contribution is 6.07. The van der Waals surface area contributed by atoms with Crippen molar-refractivity contribution in [3.05, 3.63) is 69.6 Å². The Morgan fingerprint density at radius 3 is 2.61 bits per heavy atom. The van der Waals surface area contributed by atoms with Gasteiger partial charge in [0.25, 0.3) is 11.5 Å². The van der Waals surface area contributed by atoms with Crippen LogP contribution in [-0.4, -0.2) is 42.0 Å². The summed E-state index contributed by atoms with van der Waals surface area (Å²) in [6.45, 7) is 2.30. The predicted octanol–water partition coefficient (Wildman–Crippen LogP) is 0.805. The van der Waals surface area contributed by atoms with E-state index in [0.29, 0.717) is 17.7 Å². The Balaban J connectivity index is 2.05. The van der Waals surface area contributed by atoms with Crippen molar-refractivity contribution in [1.29, 1.82) is 0 Å². The zero-order valence-electron chi connectivity index (χ0n) is 16.1. The second-order valence-corrected chi connectivity index (χ2v) is 7.06. The highest BCUT2D eigenvalue weighted by Crippen LogP contribution is 2.27. The average molecular weight is 378 g/mol. The van der Waals surface area contributed by atoms with E-state index in [2.05, 4.69) is 22.5 Å². The van der Waals surface area contributed by atoms with Crippen LogP contribution in [0.2, 0.25) is 0 Å². The molecular formula is C21H22N4O3. The number of imide groups is 1. The minimum Gasteiger partial charge on any atom is -0.318 e. The molecule has 0 aliphatic carbocycles. The number of nitrogens with one attached hydrogen (secondary N) is 2. The molecule has 1 fully saturated rings. The molecule has 1 saturated heterocycles. The van der Waals surface area contributed by atoms with Crippen LogP contribution in [0.15, 0.2) is 47.4 Å². The summed E-state index contributed by atoms with van der Waals surface area (Å²) in [5.41, 5.74) is 0.266. The number of hydrogen-bond acceptors (Lipinski definition) is 4. The quantitative estimate of drug-likeness (QED) is 0.609. The van der Waals surface area contributed by atoms with Crippen molar-refractivity contribution >= 4 is 11.9 Å². The van der Waals surface area contributed by atoms with Gasteiger partial charge in [0.1, 0.15) is 0 Å². The van der Waals surface area contributed by atoms with Crippen LogP contribution in [0.1, 0.15) is 16.7 Å². The van der Waals surface area contributed by atoms with Crippen LogP contribution in [0.25, 0.3) is 0 Å². The average Bonchev–Trinajstić information content (AvgIpc) is 2.93. The van der Waals surface area contributed by atoms with Gasteiger partial charge in [0.05, 0.1) is 13.1 Å². The van der Waals surface area contributed by atoms with Gasteiger partial charge in [0.15, 0.2) is 5.54 Å². The van der Waals surface area contributed by atoms with Gasteiger partial charge in [0.2, 0.25) is 0 Å². The Bertz CT molecular complexity index is 1050. The van der Waals surface area contributed by atoms with Gasteiger partial charge in [0, 0.05) is 17.3 Å². The third-order valence-electron chi connectivity index (χ3n) is 4.54. The van der Waals surface area contributed by atoms with Crippen LogP contribution >= 0.6 is 0 Å². The van der Waals surface area contributed by atoms with Gasteiger partial charge in [-0.15, -0.1) is 0 Å². The van der Waals surface area contributed by atoms with Crippen molar-refractivity contribution in [2.24, 2.45) is 0 Å². The molecule has 0 spiro atoms. The summed E-state index contributed by atoms with van der Waals surface area (Å²) in [5, 5.41) is 5.01. The summed E-state index contributed by atoms with van der Waals surface area (Å²) in [4.78, 5) is 39.2. The van der Waals surface area contributed by atoms with E-state index in [1.54, 1.807) is 43.5 Å². The third kappa shape index (κ3) is 3.82. The maximum absolute atomic E-state index is 12.8. The molecule has 3 amide bonds. The summed E-state index contributed by atoms with van der Waals surface area (Å²) in [6.07, 6.45) is 1.61.